The Hall–Kier alpha value is -3.76. The third-order valence-electron chi connectivity index (χ3n) is 5.65. The summed E-state index contributed by atoms with van der Waals surface area (Å²) in [5.74, 6) is 4.71. The minimum absolute atomic E-state index is 0.0466. The van der Waals surface area contributed by atoms with Crippen molar-refractivity contribution in [3.05, 3.63) is 102 Å². The zero-order valence-corrected chi connectivity index (χ0v) is 23.4. The van der Waals surface area contributed by atoms with Gasteiger partial charge in [0.15, 0.2) is 0 Å². The number of nitrogens with one attached hydrogen (secondary N) is 4. The number of rotatable bonds is 12. The van der Waals surface area contributed by atoms with E-state index in [2.05, 4.69) is 46.2 Å². The van der Waals surface area contributed by atoms with E-state index in [0.29, 0.717) is 37.4 Å². The Kier molecular flexibility index (Phi) is 17.3. The van der Waals surface area contributed by atoms with E-state index in [9.17, 15) is 4.79 Å². The fourth-order valence-corrected chi connectivity index (χ4v) is 3.88. The SMILES string of the molecule is CC.CNN.N=C(N)c1cccc(NC(=O)N(CCNCCO)CCC(c2ccccc2)c2ccccc2)c1. The van der Waals surface area contributed by atoms with Crippen molar-refractivity contribution in [2.24, 2.45) is 11.6 Å². The largest absolute Gasteiger partial charge is 0.395 e. The molecule has 0 unspecified atom stereocenters. The number of nitrogens with zero attached hydrogens (tertiary/aromatic N) is 1. The molecule has 0 saturated carbocycles. The molecule has 0 bridgehead atoms. The third kappa shape index (κ3) is 12.6. The van der Waals surface area contributed by atoms with Gasteiger partial charge >= 0.3 is 6.03 Å². The fraction of sp³-hybridized carbons (Fsp3) is 0.333. The molecule has 3 rings (SSSR count). The van der Waals surface area contributed by atoms with Gasteiger partial charge in [-0.15, -0.1) is 0 Å². The fourth-order valence-electron chi connectivity index (χ4n) is 3.88. The molecule has 0 aliphatic heterocycles. The van der Waals surface area contributed by atoms with E-state index in [1.165, 1.54) is 11.1 Å². The molecule has 0 fully saturated rings. The van der Waals surface area contributed by atoms with E-state index >= 15 is 0 Å². The van der Waals surface area contributed by atoms with Crippen LogP contribution < -0.4 is 27.6 Å². The molecule has 0 aliphatic carbocycles. The van der Waals surface area contributed by atoms with E-state index in [1.807, 2.05) is 50.2 Å². The number of amides is 2. The number of benzene rings is 3. The molecular weight excluding hydrogens is 490 g/mol. The van der Waals surface area contributed by atoms with Crippen LogP contribution in [0.1, 0.15) is 42.9 Å². The molecule has 0 heterocycles. The molecule has 0 saturated heterocycles. The van der Waals surface area contributed by atoms with Gasteiger partial charge in [-0.1, -0.05) is 86.6 Å². The van der Waals surface area contributed by atoms with Gasteiger partial charge in [-0.3, -0.25) is 16.7 Å². The maximum atomic E-state index is 13.2. The van der Waals surface area contributed by atoms with Gasteiger partial charge in [-0.2, -0.15) is 0 Å². The van der Waals surface area contributed by atoms with Crippen molar-refractivity contribution in [1.29, 1.82) is 5.41 Å². The number of amidine groups is 1. The molecule has 9 N–H and O–H groups in total. The summed E-state index contributed by atoms with van der Waals surface area (Å²) in [7, 11) is 1.65. The first kappa shape index (κ1) is 33.3. The van der Waals surface area contributed by atoms with Gasteiger partial charge in [0.25, 0.3) is 0 Å². The monoisotopic (exact) mass is 535 g/mol. The molecular formula is C30H45N7O2. The van der Waals surface area contributed by atoms with Crippen LogP contribution in [0, 0.1) is 5.41 Å². The first-order chi connectivity index (χ1) is 19.0. The van der Waals surface area contributed by atoms with Gasteiger partial charge in [-0.05, 0) is 36.7 Å². The first-order valence-corrected chi connectivity index (χ1v) is 13.3. The average Bonchev–Trinajstić information content (AvgIpc) is 2.97. The average molecular weight is 536 g/mol. The minimum Gasteiger partial charge on any atom is -0.395 e. The second kappa shape index (κ2) is 20.2. The number of carbonyl (C=O) groups excluding carboxylic acids is 1. The van der Waals surface area contributed by atoms with Crippen molar-refractivity contribution in [2.75, 3.05) is 45.2 Å². The summed E-state index contributed by atoms with van der Waals surface area (Å²) >= 11 is 0. The third-order valence-corrected chi connectivity index (χ3v) is 5.65. The molecule has 3 aromatic carbocycles. The summed E-state index contributed by atoms with van der Waals surface area (Å²) in [6.45, 7) is 6.14. The number of aliphatic hydroxyl groups is 1. The normalized spacial score (nSPS) is 10.0. The predicted octanol–water partition coefficient (Wildman–Crippen LogP) is 3.71. The van der Waals surface area contributed by atoms with E-state index < -0.39 is 0 Å². The van der Waals surface area contributed by atoms with E-state index in [0.717, 1.165) is 6.42 Å². The number of nitrogen functional groups attached to an aromatic ring is 1. The zero-order valence-electron chi connectivity index (χ0n) is 23.4. The van der Waals surface area contributed by atoms with Crippen LogP contribution in [0.25, 0.3) is 0 Å². The molecule has 2 amide bonds. The first-order valence-electron chi connectivity index (χ1n) is 13.3. The highest BCUT2D eigenvalue weighted by Crippen LogP contribution is 2.28. The molecule has 9 heteroatoms. The number of hydrogen-bond acceptors (Lipinski definition) is 6. The van der Waals surface area contributed by atoms with Crippen molar-refractivity contribution in [3.63, 3.8) is 0 Å². The highest BCUT2D eigenvalue weighted by atomic mass is 16.3. The molecule has 0 spiro atoms. The quantitative estimate of drug-likeness (QED) is 0.0617. The van der Waals surface area contributed by atoms with Crippen LogP contribution in [0.2, 0.25) is 0 Å². The van der Waals surface area contributed by atoms with Crippen molar-refractivity contribution in [3.8, 4) is 0 Å². The van der Waals surface area contributed by atoms with E-state index in [4.69, 9.17) is 16.2 Å². The lowest BCUT2D eigenvalue weighted by atomic mass is 9.88. The number of nitrogens with two attached hydrogens (primary N) is 2. The molecule has 39 heavy (non-hydrogen) atoms. The van der Waals surface area contributed by atoms with Gasteiger partial charge < -0.3 is 26.4 Å². The van der Waals surface area contributed by atoms with Crippen LogP contribution in [0.15, 0.2) is 84.9 Å². The standard InChI is InChI=1S/C27H33N5O2.C2H6.CH6N2/c28-26(29)23-12-7-13-24(20-23)31-27(34)32(18-15-30-16-19-33)17-14-25(21-8-3-1-4-9-21)22-10-5-2-6-11-22;1-2;1-3-2/h1-13,20,25,30,33H,14-19H2,(H3,28,29)(H,31,34);1-2H3;3H,2H2,1H3. The van der Waals surface area contributed by atoms with E-state index in [-0.39, 0.29) is 24.4 Å². The van der Waals surface area contributed by atoms with Crippen molar-refractivity contribution in [1.82, 2.24) is 15.6 Å². The smallest absolute Gasteiger partial charge is 0.321 e. The Bertz CT molecular complexity index is 1030. The van der Waals surface area contributed by atoms with Gasteiger partial charge in [0.05, 0.1) is 6.61 Å². The van der Waals surface area contributed by atoms with Gasteiger partial charge in [0, 0.05) is 43.3 Å². The van der Waals surface area contributed by atoms with Crippen LogP contribution in [-0.4, -0.2) is 61.7 Å². The van der Waals surface area contributed by atoms with Crippen LogP contribution in [0.4, 0.5) is 10.5 Å². The minimum atomic E-state index is -0.216. The number of hydrazine groups is 1. The topological polar surface area (TPSA) is 153 Å². The van der Waals surface area contributed by atoms with Crippen molar-refractivity contribution >= 4 is 17.6 Å². The predicted molar refractivity (Wildman–Crippen MR) is 162 cm³/mol. The summed E-state index contributed by atoms with van der Waals surface area (Å²) in [6, 6.07) is 27.4. The van der Waals surface area contributed by atoms with Gasteiger partial charge in [0.2, 0.25) is 0 Å². The Morgan fingerprint density at radius 2 is 1.49 bits per heavy atom. The Labute approximate surface area is 233 Å². The van der Waals surface area contributed by atoms with Crippen LogP contribution >= 0.6 is 0 Å². The lowest BCUT2D eigenvalue weighted by Crippen LogP contribution is -2.41. The molecule has 3 aromatic rings. The highest BCUT2D eigenvalue weighted by Gasteiger charge is 2.19. The summed E-state index contributed by atoms with van der Waals surface area (Å²) in [5.41, 5.74) is 11.4. The molecule has 0 aliphatic rings. The summed E-state index contributed by atoms with van der Waals surface area (Å²) in [6.07, 6.45) is 0.759. The lowest BCUT2D eigenvalue weighted by Gasteiger charge is -2.26. The highest BCUT2D eigenvalue weighted by molar-refractivity contribution is 5.97. The number of aliphatic hydroxyl groups excluding tert-OH is 1. The second-order valence-corrected chi connectivity index (χ2v) is 8.34. The molecule has 0 atom stereocenters. The Balaban J connectivity index is 0.00000142. The molecule has 212 valence electrons. The number of anilines is 1. The lowest BCUT2D eigenvalue weighted by molar-refractivity contribution is 0.209. The van der Waals surface area contributed by atoms with Crippen molar-refractivity contribution < 1.29 is 9.90 Å². The van der Waals surface area contributed by atoms with Gasteiger partial charge in [0.1, 0.15) is 5.84 Å². The Morgan fingerprint density at radius 1 is 0.923 bits per heavy atom. The maximum absolute atomic E-state index is 13.2. The zero-order chi connectivity index (χ0) is 28.9. The second-order valence-electron chi connectivity index (χ2n) is 8.34. The molecule has 0 radical (unpaired) electrons. The summed E-state index contributed by atoms with van der Waals surface area (Å²) in [5, 5.41) is 22.8. The van der Waals surface area contributed by atoms with E-state index in [1.54, 1.807) is 36.2 Å². The number of urea groups is 1. The Morgan fingerprint density at radius 3 is 2.00 bits per heavy atom. The van der Waals surface area contributed by atoms with Crippen LogP contribution in [0.5, 0.6) is 0 Å². The summed E-state index contributed by atoms with van der Waals surface area (Å²) in [4.78, 5) is 15.0. The maximum Gasteiger partial charge on any atom is 0.321 e. The number of hydrogen-bond donors (Lipinski definition) is 7. The van der Waals surface area contributed by atoms with Crippen LogP contribution in [-0.2, 0) is 0 Å². The van der Waals surface area contributed by atoms with Crippen LogP contribution in [0.3, 0.4) is 0 Å². The van der Waals surface area contributed by atoms with Gasteiger partial charge in [-0.25, -0.2) is 4.79 Å². The summed E-state index contributed by atoms with van der Waals surface area (Å²) < 4.78 is 0. The number of carbonyl (C=O) groups is 1. The van der Waals surface area contributed by atoms with Crippen molar-refractivity contribution in [2.45, 2.75) is 26.2 Å². The molecule has 9 nitrogen and oxygen atoms in total. The molecule has 0 aromatic heterocycles.